The van der Waals surface area contributed by atoms with E-state index in [0.717, 1.165) is 36.4 Å². The zero-order valence-corrected chi connectivity index (χ0v) is 13.8. The van der Waals surface area contributed by atoms with Crippen LogP contribution < -0.4 is 10.2 Å². The fraction of sp³-hybridized carbons (Fsp3) is 0.706. The highest BCUT2D eigenvalue weighted by Gasteiger charge is 2.33. The summed E-state index contributed by atoms with van der Waals surface area (Å²) < 4.78 is 0. The number of anilines is 1. The van der Waals surface area contributed by atoms with Gasteiger partial charge >= 0.3 is 0 Å². The lowest BCUT2D eigenvalue weighted by atomic mass is 10.1. The topological polar surface area (TPSA) is 28.2 Å². The van der Waals surface area contributed by atoms with Gasteiger partial charge in [-0.2, -0.15) is 0 Å². The first kappa shape index (κ1) is 15.3. The van der Waals surface area contributed by atoms with Crippen LogP contribution in [0.25, 0.3) is 0 Å². The average Bonchev–Trinajstić information content (AvgIpc) is 3.02. The van der Waals surface area contributed by atoms with E-state index in [0.29, 0.717) is 6.04 Å². The summed E-state index contributed by atoms with van der Waals surface area (Å²) in [5, 5.41) is 3.53. The van der Waals surface area contributed by atoms with Gasteiger partial charge in [0, 0.05) is 37.4 Å². The van der Waals surface area contributed by atoms with Gasteiger partial charge < -0.3 is 10.2 Å². The number of rotatable bonds is 6. The van der Waals surface area contributed by atoms with Crippen molar-refractivity contribution in [1.29, 1.82) is 0 Å². The van der Waals surface area contributed by atoms with Gasteiger partial charge in [-0.25, -0.2) is 4.98 Å². The van der Waals surface area contributed by atoms with E-state index < -0.39 is 0 Å². The van der Waals surface area contributed by atoms with Gasteiger partial charge in [-0.05, 0) is 43.7 Å². The lowest BCUT2D eigenvalue weighted by Gasteiger charge is -2.24. The highest BCUT2D eigenvalue weighted by Crippen LogP contribution is 2.39. The standard InChI is InChI=1S/C17H29N3/c1-11(2)18-9-16-13(4)7-14(5)19-17(16)20(6)10-15-8-12(15)3/h7,11-12,15,18H,8-10H2,1-6H3. The number of hydrogen-bond acceptors (Lipinski definition) is 3. The Balaban J connectivity index is 2.19. The first-order chi connectivity index (χ1) is 9.38. The second-order valence-corrected chi connectivity index (χ2v) is 6.77. The predicted molar refractivity (Wildman–Crippen MR) is 86.2 cm³/mol. The van der Waals surface area contributed by atoms with Crippen LogP contribution in [-0.2, 0) is 6.54 Å². The molecule has 1 aliphatic carbocycles. The van der Waals surface area contributed by atoms with Gasteiger partial charge in [0.2, 0.25) is 0 Å². The largest absolute Gasteiger partial charge is 0.359 e. The Morgan fingerprint density at radius 2 is 2.05 bits per heavy atom. The van der Waals surface area contributed by atoms with Gasteiger partial charge in [-0.3, -0.25) is 0 Å². The zero-order valence-electron chi connectivity index (χ0n) is 13.8. The summed E-state index contributed by atoms with van der Waals surface area (Å²) in [6.07, 6.45) is 1.37. The van der Waals surface area contributed by atoms with Gasteiger partial charge in [0.1, 0.15) is 5.82 Å². The van der Waals surface area contributed by atoms with Crippen molar-refractivity contribution >= 4 is 5.82 Å². The van der Waals surface area contributed by atoms with Gasteiger partial charge in [0.05, 0.1) is 0 Å². The van der Waals surface area contributed by atoms with E-state index in [2.05, 4.69) is 57.9 Å². The van der Waals surface area contributed by atoms with Crippen molar-refractivity contribution in [3.8, 4) is 0 Å². The molecule has 20 heavy (non-hydrogen) atoms. The van der Waals surface area contributed by atoms with Crippen LogP contribution in [0.1, 0.15) is 44.0 Å². The van der Waals surface area contributed by atoms with E-state index in [4.69, 9.17) is 4.98 Å². The molecular weight excluding hydrogens is 246 g/mol. The van der Waals surface area contributed by atoms with Crippen LogP contribution in [0.2, 0.25) is 0 Å². The molecule has 1 fully saturated rings. The van der Waals surface area contributed by atoms with Gasteiger partial charge in [-0.1, -0.05) is 20.8 Å². The van der Waals surface area contributed by atoms with Crippen molar-refractivity contribution in [2.24, 2.45) is 11.8 Å². The number of aryl methyl sites for hydroxylation is 2. The van der Waals surface area contributed by atoms with Crippen LogP contribution in [0.4, 0.5) is 5.82 Å². The van der Waals surface area contributed by atoms with Gasteiger partial charge in [0.25, 0.3) is 0 Å². The third-order valence-corrected chi connectivity index (χ3v) is 4.29. The molecule has 1 aromatic rings. The molecule has 0 radical (unpaired) electrons. The summed E-state index contributed by atoms with van der Waals surface area (Å²) in [7, 11) is 2.19. The molecule has 0 aliphatic heterocycles. The summed E-state index contributed by atoms with van der Waals surface area (Å²) in [6, 6.07) is 2.69. The number of aromatic nitrogens is 1. The Bertz CT molecular complexity index is 468. The molecule has 2 atom stereocenters. The fourth-order valence-electron chi connectivity index (χ4n) is 2.78. The van der Waals surface area contributed by atoms with Crippen LogP contribution >= 0.6 is 0 Å². The highest BCUT2D eigenvalue weighted by molar-refractivity contribution is 5.51. The molecule has 0 bridgehead atoms. The molecule has 1 N–H and O–H groups in total. The summed E-state index contributed by atoms with van der Waals surface area (Å²) >= 11 is 0. The first-order valence-corrected chi connectivity index (χ1v) is 7.80. The summed E-state index contributed by atoms with van der Waals surface area (Å²) in [6.45, 7) is 13.0. The monoisotopic (exact) mass is 275 g/mol. The second kappa shape index (κ2) is 6.13. The van der Waals surface area contributed by atoms with Crippen LogP contribution in [0.15, 0.2) is 6.07 Å². The number of nitrogens with one attached hydrogen (secondary N) is 1. The van der Waals surface area contributed by atoms with Gasteiger partial charge in [0.15, 0.2) is 0 Å². The predicted octanol–water partition coefficient (Wildman–Crippen LogP) is 3.29. The number of pyridine rings is 1. The van der Waals surface area contributed by atoms with Crippen LogP contribution in [0.3, 0.4) is 0 Å². The molecule has 1 aromatic heterocycles. The van der Waals surface area contributed by atoms with Crippen molar-refractivity contribution in [1.82, 2.24) is 10.3 Å². The van der Waals surface area contributed by atoms with Crippen molar-refractivity contribution in [2.45, 2.75) is 53.6 Å². The normalized spacial score (nSPS) is 21.4. The molecular formula is C17H29N3. The van der Waals surface area contributed by atoms with Crippen LogP contribution in [0.5, 0.6) is 0 Å². The van der Waals surface area contributed by atoms with Crippen molar-refractivity contribution in [2.75, 3.05) is 18.5 Å². The zero-order chi connectivity index (χ0) is 14.9. The fourth-order valence-corrected chi connectivity index (χ4v) is 2.78. The van der Waals surface area contributed by atoms with Crippen LogP contribution in [-0.4, -0.2) is 24.6 Å². The minimum Gasteiger partial charge on any atom is -0.359 e. The lowest BCUT2D eigenvalue weighted by molar-refractivity contribution is 0.584. The smallest absolute Gasteiger partial charge is 0.133 e. The molecule has 112 valence electrons. The molecule has 3 nitrogen and oxygen atoms in total. The maximum Gasteiger partial charge on any atom is 0.133 e. The maximum atomic E-state index is 4.80. The highest BCUT2D eigenvalue weighted by atomic mass is 15.2. The van der Waals surface area contributed by atoms with E-state index in [1.54, 1.807) is 0 Å². The van der Waals surface area contributed by atoms with Crippen LogP contribution in [0, 0.1) is 25.7 Å². The molecule has 0 spiro atoms. The Morgan fingerprint density at radius 1 is 1.40 bits per heavy atom. The summed E-state index contributed by atoms with van der Waals surface area (Å²) in [5.41, 5.74) is 3.80. The Hall–Kier alpha value is -1.09. The molecule has 1 aliphatic rings. The Labute approximate surface area is 123 Å². The van der Waals surface area contributed by atoms with Crippen molar-refractivity contribution < 1.29 is 0 Å². The first-order valence-electron chi connectivity index (χ1n) is 7.80. The molecule has 0 amide bonds. The SMILES string of the molecule is Cc1cc(C)c(CNC(C)C)c(N(C)CC2CC2C)n1. The second-order valence-electron chi connectivity index (χ2n) is 6.77. The van der Waals surface area contributed by atoms with E-state index in [1.165, 1.54) is 17.5 Å². The molecule has 3 heteroatoms. The lowest BCUT2D eigenvalue weighted by Crippen LogP contribution is -2.27. The van der Waals surface area contributed by atoms with E-state index in [-0.39, 0.29) is 0 Å². The molecule has 0 saturated heterocycles. The van der Waals surface area contributed by atoms with E-state index >= 15 is 0 Å². The molecule has 2 rings (SSSR count). The number of nitrogens with zero attached hydrogens (tertiary/aromatic N) is 2. The average molecular weight is 275 g/mol. The summed E-state index contributed by atoms with van der Waals surface area (Å²) in [4.78, 5) is 7.16. The molecule has 2 unspecified atom stereocenters. The molecule has 1 saturated carbocycles. The number of hydrogen-bond donors (Lipinski definition) is 1. The van der Waals surface area contributed by atoms with E-state index in [1.807, 2.05) is 0 Å². The van der Waals surface area contributed by atoms with Gasteiger partial charge in [-0.15, -0.1) is 0 Å². The third-order valence-electron chi connectivity index (χ3n) is 4.29. The Morgan fingerprint density at radius 3 is 2.60 bits per heavy atom. The quantitative estimate of drug-likeness (QED) is 0.863. The summed E-state index contributed by atoms with van der Waals surface area (Å²) in [5.74, 6) is 2.91. The van der Waals surface area contributed by atoms with Crippen molar-refractivity contribution in [3.63, 3.8) is 0 Å². The molecule has 1 heterocycles. The minimum absolute atomic E-state index is 0.498. The third kappa shape index (κ3) is 3.72. The maximum absolute atomic E-state index is 4.80. The van der Waals surface area contributed by atoms with Crippen molar-refractivity contribution in [3.05, 3.63) is 22.9 Å². The minimum atomic E-state index is 0.498. The van der Waals surface area contributed by atoms with E-state index in [9.17, 15) is 0 Å². The Kier molecular flexibility index (Phi) is 4.69. The molecule has 0 aromatic carbocycles.